The van der Waals surface area contributed by atoms with Gasteiger partial charge in [-0.3, -0.25) is 4.57 Å². The van der Waals surface area contributed by atoms with Crippen LogP contribution in [0.5, 0.6) is 0 Å². The van der Waals surface area contributed by atoms with E-state index in [1.54, 1.807) is 0 Å². The van der Waals surface area contributed by atoms with Gasteiger partial charge < -0.3 is 4.57 Å². The van der Waals surface area contributed by atoms with Crippen molar-refractivity contribution in [1.82, 2.24) is 28.9 Å². The lowest BCUT2D eigenvalue weighted by Gasteiger charge is -2.20. The summed E-state index contributed by atoms with van der Waals surface area (Å²) < 4.78 is 6.49. The molecule has 0 spiro atoms. The van der Waals surface area contributed by atoms with Crippen molar-refractivity contribution in [3.8, 4) is 45.4 Å². The van der Waals surface area contributed by atoms with Gasteiger partial charge in [-0.05, 0) is 47.4 Å². The summed E-state index contributed by atoms with van der Waals surface area (Å²) in [5.74, 6) is 1.80. The lowest BCUT2D eigenvalue weighted by atomic mass is 9.35. The zero-order chi connectivity index (χ0) is 36.7. The van der Waals surface area contributed by atoms with Crippen LogP contribution < -0.4 is 16.4 Å². The lowest BCUT2D eigenvalue weighted by molar-refractivity contribution is 0.892. The molecule has 7 heteroatoms. The first-order valence-electron chi connectivity index (χ1n) is 18.5. The molecule has 4 aromatic heterocycles. The van der Waals surface area contributed by atoms with Gasteiger partial charge in [0, 0.05) is 47.5 Å². The number of aryl methyl sites for hydroxylation is 1. The molecule has 0 N–H and O–H groups in total. The number of fused-ring (bicyclic) bond motifs is 3. The van der Waals surface area contributed by atoms with Crippen LogP contribution in [0.2, 0.25) is 0 Å². The molecule has 0 amide bonds. The minimum atomic E-state index is -0.234. The lowest BCUT2D eigenvalue weighted by Crippen LogP contribution is -2.53. The normalized spacial score (nSPS) is 11.4. The fourth-order valence-corrected chi connectivity index (χ4v) is 8.07. The van der Waals surface area contributed by atoms with Crippen molar-refractivity contribution in [2.45, 2.75) is 0 Å². The molecule has 0 saturated carbocycles. The average molecular weight is 707 g/mol. The summed E-state index contributed by atoms with van der Waals surface area (Å²) in [4.78, 5) is 9.60. The second-order valence-electron chi connectivity index (χ2n) is 13.8. The van der Waals surface area contributed by atoms with Gasteiger partial charge in [-0.1, -0.05) is 150 Å². The third kappa shape index (κ3) is 5.65. The Bertz CT molecular complexity index is 2930. The van der Waals surface area contributed by atoms with Gasteiger partial charge in [-0.25, -0.2) is 14.6 Å². The number of imidazole rings is 1. The van der Waals surface area contributed by atoms with Crippen LogP contribution in [0.25, 0.3) is 67.2 Å². The summed E-state index contributed by atoms with van der Waals surface area (Å²) in [5, 5.41) is 7.90. The van der Waals surface area contributed by atoms with Gasteiger partial charge in [0.15, 0.2) is 0 Å². The molecule has 0 aliphatic rings. The highest BCUT2D eigenvalue weighted by atomic mass is 15.3. The van der Waals surface area contributed by atoms with E-state index in [-0.39, 0.29) is 6.71 Å². The van der Waals surface area contributed by atoms with E-state index in [4.69, 9.17) is 15.1 Å². The second-order valence-corrected chi connectivity index (χ2v) is 13.8. The number of rotatable bonds is 8. The smallest absolute Gasteiger partial charge is 0.247 e. The van der Waals surface area contributed by atoms with E-state index < -0.39 is 0 Å². The fourth-order valence-electron chi connectivity index (χ4n) is 8.07. The molecular weight excluding hydrogens is 671 g/mol. The van der Waals surface area contributed by atoms with Crippen molar-refractivity contribution in [2.24, 2.45) is 7.05 Å². The molecule has 0 unspecified atom stereocenters. The number of benzene rings is 6. The van der Waals surface area contributed by atoms with Crippen molar-refractivity contribution >= 4 is 44.9 Å². The summed E-state index contributed by atoms with van der Waals surface area (Å²) in [6.45, 7) is -0.234. The molecule has 0 atom stereocenters. The van der Waals surface area contributed by atoms with Crippen molar-refractivity contribution in [3.63, 3.8) is 0 Å². The van der Waals surface area contributed by atoms with E-state index in [0.29, 0.717) is 0 Å². The Morgan fingerprint density at radius 1 is 0.509 bits per heavy atom. The summed E-state index contributed by atoms with van der Waals surface area (Å²) >= 11 is 0. The maximum atomic E-state index is 5.53. The maximum Gasteiger partial charge on any atom is 0.247 e. The summed E-state index contributed by atoms with van der Waals surface area (Å²) in [5.41, 5.74) is 11.8. The van der Waals surface area contributed by atoms with Crippen molar-refractivity contribution in [1.29, 1.82) is 0 Å². The number of para-hydroxylation sites is 2. The monoisotopic (exact) mass is 706 g/mol. The number of aromatic nitrogens is 6. The van der Waals surface area contributed by atoms with Crippen LogP contribution in [0.15, 0.2) is 195 Å². The molecule has 0 radical (unpaired) electrons. The first-order valence-corrected chi connectivity index (χ1v) is 18.5. The standard InChI is InChI=1S/C48H35BN6/c1-53-31-30-51-48(53)36-20-15-21-37(32-36)49(38-27-28-41-40-24-11-12-25-42(40)54(43(41)33-38)44-26-13-14-29-50-44)45-46(34-16-5-2-6-17-34)52-55(39-22-9-4-10-23-39)47(45)35-18-7-3-8-19-35/h2-33H,1H3. The maximum absolute atomic E-state index is 5.53. The van der Waals surface area contributed by atoms with Crippen LogP contribution in [0.1, 0.15) is 0 Å². The quantitative estimate of drug-likeness (QED) is 0.149. The van der Waals surface area contributed by atoms with Crippen LogP contribution in [-0.2, 0) is 7.05 Å². The molecule has 6 nitrogen and oxygen atoms in total. The van der Waals surface area contributed by atoms with Gasteiger partial charge in [0.2, 0.25) is 6.71 Å². The third-order valence-electron chi connectivity index (χ3n) is 10.5. The first-order chi connectivity index (χ1) is 27.2. The summed E-state index contributed by atoms with van der Waals surface area (Å²) in [7, 11) is 2.04. The highest BCUT2D eigenvalue weighted by molar-refractivity contribution is 6.97. The van der Waals surface area contributed by atoms with E-state index in [2.05, 4.69) is 184 Å². The Hall–Kier alpha value is -7.25. The van der Waals surface area contributed by atoms with Gasteiger partial charge in [-0.15, -0.1) is 0 Å². The molecule has 0 aliphatic carbocycles. The molecule has 0 saturated heterocycles. The Morgan fingerprint density at radius 3 is 1.93 bits per heavy atom. The third-order valence-corrected chi connectivity index (χ3v) is 10.5. The van der Waals surface area contributed by atoms with Crippen LogP contribution in [0.4, 0.5) is 0 Å². The van der Waals surface area contributed by atoms with Crippen LogP contribution in [0, 0.1) is 0 Å². The predicted molar refractivity (Wildman–Crippen MR) is 226 cm³/mol. The second kappa shape index (κ2) is 13.6. The highest BCUT2D eigenvalue weighted by Crippen LogP contribution is 2.32. The largest absolute Gasteiger partial charge is 0.334 e. The first kappa shape index (κ1) is 32.4. The molecule has 6 aromatic carbocycles. The van der Waals surface area contributed by atoms with E-state index in [1.807, 2.05) is 31.7 Å². The molecule has 0 bridgehead atoms. The molecule has 55 heavy (non-hydrogen) atoms. The highest BCUT2D eigenvalue weighted by Gasteiger charge is 2.34. The van der Waals surface area contributed by atoms with Gasteiger partial charge in [0.05, 0.1) is 28.1 Å². The van der Waals surface area contributed by atoms with Crippen LogP contribution in [-0.4, -0.2) is 35.6 Å². The number of hydrogen-bond donors (Lipinski definition) is 0. The molecular formula is C48H35BN6. The SMILES string of the molecule is Cn1ccnc1-c1cccc(B(c2ccc3c4ccccc4n(-c4ccccn4)c3c2)c2c(-c3ccccc3)nn(-c3ccccc3)c2-c2ccccc2)c1. The zero-order valence-electron chi connectivity index (χ0n) is 30.2. The molecule has 4 heterocycles. The number of nitrogens with zero attached hydrogens (tertiary/aromatic N) is 6. The average Bonchev–Trinajstić information content (AvgIpc) is 3.96. The number of hydrogen-bond acceptors (Lipinski definition) is 3. The molecule has 0 aliphatic heterocycles. The van der Waals surface area contributed by atoms with Crippen LogP contribution >= 0.6 is 0 Å². The van der Waals surface area contributed by atoms with Gasteiger partial charge in [-0.2, -0.15) is 5.10 Å². The molecule has 10 aromatic rings. The molecule has 260 valence electrons. The summed E-state index contributed by atoms with van der Waals surface area (Å²) in [6.07, 6.45) is 5.71. The van der Waals surface area contributed by atoms with Gasteiger partial charge in [0.1, 0.15) is 11.6 Å². The molecule has 0 fully saturated rings. The Kier molecular flexibility index (Phi) is 8.03. The minimum absolute atomic E-state index is 0.234. The van der Waals surface area contributed by atoms with E-state index >= 15 is 0 Å². The van der Waals surface area contributed by atoms with E-state index in [1.165, 1.54) is 10.8 Å². The topological polar surface area (TPSA) is 53.5 Å². The zero-order valence-corrected chi connectivity index (χ0v) is 30.2. The fraction of sp³-hybridized carbons (Fsp3) is 0.0208. The van der Waals surface area contributed by atoms with Crippen molar-refractivity contribution in [2.75, 3.05) is 0 Å². The Morgan fingerprint density at radius 2 is 1.18 bits per heavy atom. The minimum Gasteiger partial charge on any atom is -0.334 e. The summed E-state index contributed by atoms with van der Waals surface area (Å²) in [6, 6.07) is 62.2. The van der Waals surface area contributed by atoms with Crippen molar-refractivity contribution in [3.05, 3.63) is 195 Å². The van der Waals surface area contributed by atoms with E-state index in [9.17, 15) is 0 Å². The van der Waals surface area contributed by atoms with Gasteiger partial charge in [0.25, 0.3) is 0 Å². The van der Waals surface area contributed by atoms with Crippen molar-refractivity contribution < 1.29 is 0 Å². The Balaban J connectivity index is 1.33. The Labute approximate surface area is 319 Å². The van der Waals surface area contributed by atoms with E-state index in [0.717, 1.165) is 72.8 Å². The van der Waals surface area contributed by atoms with Crippen LogP contribution in [0.3, 0.4) is 0 Å². The number of pyridine rings is 1. The molecule has 10 rings (SSSR count). The van der Waals surface area contributed by atoms with Gasteiger partial charge >= 0.3 is 0 Å². The predicted octanol–water partition coefficient (Wildman–Crippen LogP) is 8.62.